The lowest BCUT2D eigenvalue weighted by Crippen LogP contribution is -2.39. The lowest BCUT2D eigenvalue weighted by Gasteiger charge is -2.25. The van der Waals surface area contributed by atoms with Crippen LogP contribution in [0.3, 0.4) is 0 Å². The molecule has 1 aliphatic rings. The molecule has 2 aromatic rings. The summed E-state index contributed by atoms with van der Waals surface area (Å²) < 4.78 is 89.8. The van der Waals surface area contributed by atoms with Crippen LogP contribution in [-0.2, 0) is 21.9 Å². The molecule has 0 radical (unpaired) electrons. The van der Waals surface area contributed by atoms with Gasteiger partial charge in [0.2, 0.25) is 5.91 Å². The summed E-state index contributed by atoms with van der Waals surface area (Å²) in [7, 11) is 0. The molecule has 1 saturated heterocycles. The number of carbonyl (C=O) groups excluding carboxylic acids is 1. The van der Waals surface area contributed by atoms with Crippen LogP contribution >= 0.6 is 24.0 Å². The maximum atomic E-state index is 14.1. The fourth-order valence-electron chi connectivity index (χ4n) is 3.78. The SMILES string of the molecule is CCCCNC(=S)Nc1cccc(Sc2ccc(/C=C/C(=O)N3CCOCC3)c(C(F)(F)F)c2C(F)(F)F)c1. The van der Waals surface area contributed by atoms with Crippen LogP contribution in [0.4, 0.5) is 32.0 Å². The van der Waals surface area contributed by atoms with Crippen molar-refractivity contribution in [3.63, 3.8) is 0 Å². The number of hydrogen-bond donors (Lipinski definition) is 2. The Kier molecular flexibility index (Phi) is 10.7. The molecule has 0 atom stereocenters. The number of rotatable bonds is 8. The Hall–Kier alpha value is -2.77. The van der Waals surface area contributed by atoms with Gasteiger partial charge in [0.25, 0.3) is 0 Å². The number of nitrogens with zero attached hydrogens (tertiary/aromatic N) is 1. The van der Waals surface area contributed by atoms with E-state index in [0.29, 0.717) is 29.1 Å². The van der Waals surface area contributed by atoms with Crippen LogP contribution in [0, 0.1) is 0 Å². The summed E-state index contributed by atoms with van der Waals surface area (Å²) >= 11 is 5.76. The third-order valence-electron chi connectivity index (χ3n) is 5.63. The smallest absolute Gasteiger partial charge is 0.378 e. The highest BCUT2D eigenvalue weighted by atomic mass is 32.2. The Balaban J connectivity index is 1.94. The number of unbranched alkanes of at least 4 members (excludes halogenated alkanes) is 1. The van der Waals surface area contributed by atoms with E-state index in [4.69, 9.17) is 17.0 Å². The average Bonchev–Trinajstić information content (AvgIpc) is 2.87. The third-order valence-corrected chi connectivity index (χ3v) is 6.93. The highest BCUT2D eigenvalue weighted by molar-refractivity contribution is 7.99. The molecule has 13 heteroatoms. The Morgan fingerprint density at radius 1 is 1.08 bits per heavy atom. The van der Waals surface area contributed by atoms with E-state index >= 15 is 0 Å². The van der Waals surface area contributed by atoms with Crippen molar-refractivity contribution in [2.24, 2.45) is 0 Å². The number of amides is 1. The minimum absolute atomic E-state index is 0.242. The van der Waals surface area contributed by atoms with E-state index in [9.17, 15) is 31.1 Å². The average molecular weight is 592 g/mol. The molecule has 1 fully saturated rings. The first-order valence-corrected chi connectivity index (χ1v) is 13.3. The summed E-state index contributed by atoms with van der Waals surface area (Å²) in [5.41, 5.74) is -3.93. The van der Waals surface area contributed by atoms with Gasteiger partial charge >= 0.3 is 12.4 Å². The molecule has 3 rings (SSSR count). The molecule has 212 valence electrons. The standard InChI is InChI=1S/C26H27F6N3O2S2/c1-2-3-11-33-24(38)34-18-5-4-6-19(16-18)39-20-9-7-17(8-10-21(36)35-12-14-37-15-13-35)22(25(27,28)29)23(20)26(30,31)32/h4-10,16H,2-3,11-15H2,1H3,(H2,33,34,38)/b10-8+. The molecule has 2 N–H and O–H groups in total. The van der Waals surface area contributed by atoms with Crippen molar-refractivity contribution in [2.75, 3.05) is 38.2 Å². The number of nitrogens with one attached hydrogen (secondary N) is 2. The van der Waals surface area contributed by atoms with Crippen LogP contribution in [0.15, 0.2) is 52.3 Å². The van der Waals surface area contributed by atoms with Gasteiger partial charge in [0.1, 0.15) is 0 Å². The van der Waals surface area contributed by atoms with Crippen molar-refractivity contribution >= 4 is 46.8 Å². The zero-order valence-corrected chi connectivity index (χ0v) is 22.5. The maximum Gasteiger partial charge on any atom is 0.418 e. The summed E-state index contributed by atoms with van der Waals surface area (Å²) in [5, 5.41) is 6.25. The van der Waals surface area contributed by atoms with Gasteiger partial charge < -0.3 is 20.3 Å². The second-order valence-corrected chi connectivity index (χ2v) is 10.1. The van der Waals surface area contributed by atoms with Crippen molar-refractivity contribution in [1.29, 1.82) is 0 Å². The Morgan fingerprint density at radius 3 is 2.41 bits per heavy atom. The van der Waals surface area contributed by atoms with Crippen molar-refractivity contribution < 1.29 is 35.9 Å². The van der Waals surface area contributed by atoms with E-state index in [0.717, 1.165) is 37.1 Å². The molecule has 0 saturated carbocycles. The van der Waals surface area contributed by atoms with Gasteiger partial charge in [0.05, 0.1) is 24.3 Å². The zero-order chi connectivity index (χ0) is 28.6. The zero-order valence-electron chi connectivity index (χ0n) is 20.9. The lowest BCUT2D eigenvalue weighted by atomic mass is 9.99. The van der Waals surface area contributed by atoms with Gasteiger partial charge in [-0.3, -0.25) is 4.79 Å². The fourth-order valence-corrected chi connectivity index (χ4v) is 5.04. The molecule has 0 aliphatic carbocycles. The van der Waals surface area contributed by atoms with Gasteiger partial charge in [0, 0.05) is 41.2 Å². The van der Waals surface area contributed by atoms with Gasteiger partial charge in [0.15, 0.2) is 5.11 Å². The van der Waals surface area contributed by atoms with E-state index in [2.05, 4.69) is 10.6 Å². The van der Waals surface area contributed by atoms with Crippen LogP contribution in [0.1, 0.15) is 36.5 Å². The molecule has 5 nitrogen and oxygen atoms in total. The van der Waals surface area contributed by atoms with Gasteiger partial charge in [-0.25, -0.2) is 0 Å². The van der Waals surface area contributed by atoms with Crippen molar-refractivity contribution in [2.45, 2.75) is 41.9 Å². The number of morpholine rings is 1. The van der Waals surface area contributed by atoms with Gasteiger partial charge in [-0.1, -0.05) is 37.2 Å². The number of anilines is 1. The quantitative estimate of drug-likeness (QED) is 0.152. The number of carbonyl (C=O) groups is 1. The predicted molar refractivity (Wildman–Crippen MR) is 143 cm³/mol. The number of ether oxygens (including phenoxy) is 1. The number of thiocarbonyl (C=S) groups is 1. The third kappa shape index (κ3) is 8.87. The summed E-state index contributed by atoms with van der Waals surface area (Å²) in [6.07, 6.45) is -7.15. The predicted octanol–water partition coefficient (Wildman–Crippen LogP) is 6.83. The highest BCUT2D eigenvalue weighted by Crippen LogP contribution is 2.48. The number of benzene rings is 2. The monoisotopic (exact) mass is 591 g/mol. The Labute approximate surface area is 232 Å². The van der Waals surface area contributed by atoms with E-state index < -0.39 is 39.8 Å². The van der Waals surface area contributed by atoms with Gasteiger partial charge in [-0.2, -0.15) is 26.3 Å². The first-order chi connectivity index (χ1) is 18.4. The molecular formula is C26H27F6N3O2S2. The first kappa shape index (κ1) is 30.8. The van der Waals surface area contributed by atoms with Crippen LogP contribution in [-0.4, -0.2) is 48.8 Å². The molecule has 2 aromatic carbocycles. The van der Waals surface area contributed by atoms with Crippen molar-refractivity contribution in [3.05, 3.63) is 59.2 Å². The van der Waals surface area contributed by atoms with E-state index in [1.165, 1.54) is 17.0 Å². The molecule has 0 bridgehead atoms. The van der Waals surface area contributed by atoms with Crippen LogP contribution < -0.4 is 10.6 Å². The van der Waals surface area contributed by atoms with E-state index in [1.54, 1.807) is 12.1 Å². The molecule has 1 aliphatic heterocycles. The first-order valence-electron chi connectivity index (χ1n) is 12.1. The van der Waals surface area contributed by atoms with E-state index in [-0.39, 0.29) is 31.2 Å². The Morgan fingerprint density at radius 2 is 1.77 bits per heavy atom. The maximum absolute atomic E-state index is 14.1. The molecule has 0 spiro atoms. The minimum atomic E-state index is -5.33. The fraction of sp³-hybridized carbons (Fsp3) is 0.385. The molecule has 0 aromatic heterocycles. The van der Waals surface area contributed by atoms with Crippen LogP contribution in [0.5, 0.6) is 0 Å². The molecule has 1 heterocycles. The van der Waals surface area contributed by atoms with Crippen LogP contribution in [0.2, 0.25) is 0 Å². The molecule has 39 heavy (non-hydrogen) atoms. The summed E-state index contributed by atoms with van der Waals surface area (Å²) in [6.45, 7) is 3.69. The van der Waals surface area contributed by atoms with Crippen molar-refractivity contribution in [3.8, 4) is 0 Å². The summed E-state index contributed by atoms with van der Waals surface area (Å²) in [4.78, 5) is 13.4. The molecule has 1 amide bonds. The number of alkyl halides is 6. The second-order valence-electron chi connectivity index (χ2n) is 8.53. The Bertz CT molecular complexity index is 1200. The lowest BCUT2D eigenvalue weighted by molar-refractivity contribution is -0.163. The van der Waals surface area contributed by atoms with Gasteiger partial charge in [-0.05, 0) is 54.5 Å². The topological polar surface area (TPSA) is 53.6 Å². The number of hydrogen-bond acceptors (Lipinski definition) is 4. The van der Waals surface area contributed by atoms with Crippen molar-refractivity contribution in [1.82, 2.24) is 10.2 Å². The largest absolute Gasteiger partial charge is 0.418 e. The number of halogens is 6. The minimum Gasteiger partial charge on any atom is -0.378 e. The second kappa shape index (κ2) is 13.5. The van der Waals surface area contributed by atoms with Crippen LogP contribution in [0.25, 0.3) is 6.08 Å². The van der Waals surface area contributed by atoms with E-state index in [1.807, 2.05) is 6.92 Å². The molecule has 0 unspecified atom stereocenters. The highest BCUT2D eigenvalue weighted by Gasteiger charge is 2.46. The normalized spacial score (nSPS) is 14.5. The molecular weight excluding hydrogens is 564 g/mol. The summed E-state index contributed by atoms with van der Waals surface area (Å²) in [6, 6.07) is 8.12. The van der Waals surface area contributed by atoms with Gasteiger partial charge in [-0.15, -0.1) is 0 Å². The summed E-state index contributed by atoms with van der Waals surface area (Å²) in [5.74, 6) is -0.607.